The van der Waals surface area contributed by atoms with Gasteiger partial charge in [0.1, 0.15) is 0 Å². The first-order chi connectivity index (χ1) is 8.88. The molecule has 0 amide bonds. The van der Waals surface area contributed by atoms with Gasteiger partial charge >= 0.3 is 6.01 Å². The van der Waals surface area contributed by atoms with E-state index in [1.807, 2.05) is 6.92 Å². The van der Waals surface area contributed by atoms with Crippen LogP contribution in [-0.4, -0.2) is 36.0 Å². The average Bonchev–Trinajstić information content (AvgIpc) is 2.85. The molecule has 1 saturated heterocycles. The van der Waals surface area contributed by atoms with Crippen molar-refractivity contribution >= 4 is 6.01 Å². The second-order valence-corrected chi connectivity index (χ2v) is 4.49. The maximum atomic E-state index is 5.66. The molecule has 2 N–H and O–H groups in total. The summed E-state index contributed by atoms with van der Waals surface area (Å²) in [6, 6.07) is 0.499. The van der Waals surface area contributed by atoms with Gasteiger partial charge < -0.3 is 19.8 Å². The number of anilines is 1. The van der Waals surface area contributed by atoms with Gasteiger partial charge in [0.15, 0.2) is 0 Å². The van der Waals surface area contributed by atoms with Crippen molar-refractivity contribution in [3.8, 4) is 0 Å². The zero-order chi connectivity index (χ0) is 12.6. The fourth-order valence-corrected chi connectivity index (χ4v) is 2.00. The quantitative estimate of drug-likeness (QED) is 0.769. The summed E-state index contributed by atoms with van der Waals surface area (Å²) in [4.78, 5) is 0. The van der Waals surface area contributed by atoms with Crippen LogP contribution >= 0.6 is 0 Å². The fourth-order valence-electron chi connectivity index (χ4n) is 2.00. The van der Waals surface area contributed by atoms with E-state index in [9.17, 15) is 0 Å². The molecule has 1 fully saturated rings. The highest BCUT2D eigenvalue weighted by molar-refractivity contribution is 5.16. The van der Waals surface area contributed by atoms with Crippen molar-refractivity contribution in [2.75, 3.05) is 25.0 Å². The van der Waals surface area contributed by atoms with Crippen LogP contribution in [-0.2, 0) is 11.3 Å². The first-order valence-corrected chi connectivity index (χ1v) is 6.77. The third-order valence-electron chi connectivity index (χ3n) is 3.01. The van der Waals surface area contributed by atoms with Crippen molar-refractivity contribution in [3.05, 3.63) is 5.89 Å². The molecule has 0 radical (unpaired) electrons. The smallest absolute Gasteiger partial charge is 0.315 e. The summed E-state index contributed by atoms with van der Waals surface area (Å²) >= 11 is 0. The molecule has 1 atom stereocenters. The predicted molar refractivity (Wildman–Crippen MR) is 68.4 cm³/mol. The topological polar surface area (TPSA) is 72.2 Å². The van der Waals surface area contributed by atoms with E-state index >= 15 is 0 Å². The fraction of sp³-hybridized carbons (Fsp3) is 0.833. The summed E-state index contributed by atoms with van der Waals surface area (Å²) in [7, 11) is 0. The molecule has 0 saturated carbocycles. The summed E-state index contributed by atoms with van der Waals surface area (Å²) in [5.74, 6) is 0.619. The molecule has 1 aromatic rings. The Morgan fingerprint density at radius 2 is 2.28 bits per heavy atom. The lowest BCUT2D eigenvalue weighted by molar-refractivity contribution is 0.0134. The largest absolute Gasteiger partial charge is 0.407 e. The number of nitrogens with zero attached hydrogens (tertiary/aromatic N) is 2. The van der Waals surface area contributed by atoms with Crippen molar-refractivity contribution in [2.24, 2.45) is 0 Å². The zero-order valence-corrected chi connectivity index (χ0v) is 10.9. The summed E-state index contributed by atoms with van der Waals surface area (Å²) < 4.78 is 11.1. The molecule has 1 aliphatic heterocycles. The second kappa shape index (κ2) is 7.33. The summed E-state index contributed by atoms with van der Waals surface area (Å²) in [5.41, 5.74) is 0. The number of rotatable bonds is 7. The molecule has 6 nitrogen and oxygen atoms in total. The SMILES string of the molecule is CCNCc1nnc(NCCC2CCCCO2)o1. The maximum absolute atomic E-state index is 5.66. The van der Waals surface area contributed by atoms with E-state index in [1.54, 1.807) is 0 Å². The Labute approximate surface area is 107 Å². The van der Waals surface area contributed by atoms with Gasteiger partial charge in [-0.25, -0.2) is 0 Å². The Bertz CT molecular complexity index is 337. The minimum atomic E-state index is 0.385. The molecule has 6 heteroatoms. The van der Waals surface area contributed by atoms with E-state index in [0.29, 0.717) is 24.6 Å². The highest BCUT2D eigenvalue weighted by atomic mass is 16.5. The molecule has 1 unspecified atom stereocenters. The Hall–Kier alpha value is -1.14. The highest BCUT2D eigenvalue weighted by Crippen LogP contribution is 2.15. The van der Waals surface area contributed by atoms with Gasteiger partial charge in [-0.15, -0.1) is 5.10 Å². The van der Waals surface area contributed by atoms with Crippen molar-refractivity contribution in [3.63, 3.8) is 0 Å². The molecule has 102 valence electrons. The van der Waals surface area contributed by atoms with Crippen LogP contribution in [0.1, 0.15) is 38.5 Å². The van der Waals surface area contributed by atoms with Crippen LogP contribution < -0.4 is 10.6 Å². The van der Waals surface area contributed by atoms with Crippen LogP contribution in [0.15, 0.2) is 4.42 Å². The first-order valence-electron chi connectivity index (χ1n) is 6.77. The first kappa shape index (κ1) is 13.3. The summed E-state index contributed by atoms with van der Waals surface area (Å²) in [6.07, 6.45) is 5.01. The molecule has 0 bridgehead atoms. The Morgan fingerprint density at radius 3 is 3.06 bits per heavy atom. The predicted octanol–water partition coefficient (Wildman–Crippen LogP) is 1.55. The van der Waals surface area contributed by atoms with Crippen LogP contribution in [0.3, 0.4) is 0 Å². The maximum Gasteiger partial charge on any atom is 0.315 e. The van der Waals surface area contributed by atoms with Crippen LogP contribution in [0.25, 0.3) is 0 Å². The van der Waals surface area contributed by atoms with Gasteiger partial charge in [0.05, 0.1) is 12.6 Å². The summed E-state index contributed by atoms with van der Waals surface area (Å²) in [6.45, 7) is 5.27. The number of hydrogen-bond donors (Lipinski definition) is 2. The van der Waals surface area contributed by atoms with E-state index in [1.165, 1.54) is 12.8 Å². The summed E-state index contributed by atoms with van der Waals surface area (Å²) in [5, 5.41) is 14.2. The van der Waals surface area contributed by atoms with Crippen molar-refractivity contribution in [2.45, 2.75) is 45.3 Å². The van der Waals surface area contributed by atoms with E-state index < -0.39 is 0 Å². The zero-order valence-electron chi connectivity index (χ0n) is 10.9. The minimum absolute atomic E-state index is 0.385. The highest BCUT2D eigenvalue weighted by Gasteiger charge is 2.13. The van der Waals surface area contributed by atoms with Crippen LogP contribution in [0.5, 0.6) is 0 Å². The van der Waals surface area contributed by atoms with Crippen LogP contribution in [0, 0.1) is 0 Å². The Morgan fingerprint density at radius 1 is 1.33 bits per heavy atom. The van der Waals surface area contributed by atoms with Crippen molar-refractivity contribution in [1.82, 2.24) is 15.5 Å². The van der Waals surface area contributed by atoms with E-state index in [4.69, 9.17) is 9.15 Å². The van der Waals surface area contributed by atoms with Gasteiger partial charge in [-0.05, 0) is 32.2 Å². The molecule has 2 rings (SSSR count). The van der Waals surface area contributed by atoms with Gasteiger partial charge in [-0.1, -0.05) is 12.0 Å². The number of hydrogen-bond acceptors (Lipinski definition) is 6. The van der Waals surface area contributed by atoms with Crippen molar-refractivity contribution < 1.29 is 9.15 Å². The van der Waals surface area contributed by atoms with Gasteiger partial charge in [0.2, 0.25) is 5.89 Å². The number of nitrogens with one attached hydrogen (secondary N) is 2. The second-order valence-electron chi connectivity index (χ2n) is 4.49. The van der Waals surface area contributed by atoms with Crippen LogP contribution in [0.4, 0.5) is 6.01 Å². The van der Waals surface area contributed by atoms with Gasteiger partial charge in [0.25, 0.3) is 0 Å². The van der Waals surface area contributed by atoms with E-state index in [2.05, 4.69) is 20.8 Å². The van der Waals surface area contributed by atoms with E-state index in [-0.39, 0.29) is 0 Å². The molecule has 0 aliphatic carbocycles. The molecule has 0 spiro atoms. The molecule has 2 heterocycles. The third-order valence-corrected chi connectivity index (χ3v) is 3.01. The normalized spacial score (nSPS) is 19.9. The lowest BCUT2D eigenvalue weighted by atomic mass is 10.1. The Kier molecular flexibility index (Phi) is 5.41. The van der Waals surface area contributed by atoms with E-state index in [0.717, 1.165) is 32.5 Å². The molecule has 1 aromatic heterocycles. The van der Waals surface area contributed by atoms with Crippen LogP contribution in [0.2, 0.25) is 0 Å². The lowest BCUT2D eigenvalue weighted by Gasteiger charge is -2.22. The average molecular weight is 254 g/mol. The Balaban J connectivity index is 1.64. The molecule has 18 heavy (non-hydrogen) atoms. The van der Waals surface area contributed by atoms with Crippen molar-refractivity contribution in [1.29, 1.82) is 0 Å². The van der Waals surface area contributed by atoms with Gasteiger partial charge in [-0.2, -0.15) is 0 Å². The molecular weight excluding hydrogens is 232 g/mol. The molecule has 0 aromatic carbocycles. The minimum Gasteiger partial charge on any atom is -0.407 e. The molecular formula is C12H22N4O2. The third kappa shape index (κ3) is 4.27. The van der Waals surface area contributed by atoms with Gasteiger partial charge in [-0.3, -0.25) is 0 Å². The number of aromatic nitrogens is 2. The lowest BCUT2D eigenvalue weighted by Crippen LogP contribution is -2.22. The standard InChI is InChI=1S/C12H22N4O2/c1-2-13-9-11-15-16-12(18-11)14-7-6-10-5-3-4-8-17-10/h10,13H,2-9H2,1H3,(H,14,16). The monoisotopic (exact) mass is 254 g/mol. The number of ether oxygens (including phenoxy) is 1. The van der Waals surface area contributed by atoms with Gasteiger partial charge in [0, 0.05) is 13.2 Å². The molecule has 1 aliphatic rings.